The van der Waals surface area contributed by atoms with Gasteiger partial charge in [0.1, 0.15) is 0 Å². The van der Waals surface area contributed by atoms with Gasteiger partial charge in [0.15, 0.2) is 0 Å². The summed E-state index contributed by atoms with van der Waals surface area (Å²) in [7, 11) is 2.05. The Labute approximate surface area is 98.9 Å². The Balaban J connectivity index is 2.72. The van der Waals surface area contributed by atoms with E-state index in [1.807, 2.05) is 0 Å². The van der Waals surface area contributed by atoms with E-state index in [1.165, 1.54) is 11.1 Å². The Kier molecular flexibility index (Phi) is 4.97. The smallest absolute Gasteiger partial charge is 0.0919 e. The number of hydrogen-bond donors (Lipinski definition) is 1. The predicted octanol–water partition coefficient (Wildman–Crippen LogP) is 2.68. The Morgan fingerprint density at radius 1 is 1.31 bits per heavy atom. The Morgan fingerprint density at radius 2 is 2.00 bits per heavy atom. The van der Waals surface area contributed by atoms with Crippen molar-refractivity contribution in [2.75, 3.05) is 20.1 Å². The maximum absolute atomic E-state index is 10.2. The number of rotatable bonds is 5. The van der Waals surface area contributed by atoms with Gasteiger partial charge < -0.3 is 10.0 Å². The van der Waals surface area contributed by atoms with Crippen LogP contribution in [0.4, 0.5) is 0 Å². The van der Waals surface area contributed by atoms with Crippen LogP contribution in [0.15, 0.2) is 18.2 Å². The maximum atomic E-state index is 10.2. The summed E-state index contributed by atoms with van der Waals surface area (Å²) in [5, 5.41) is 10.2. The Morgan fingerprint density at radius 3 is 2.62 bits per heavy atom. The summed E-state index contributed by atoms with van der Waals surface area (Å²) in [5.41, 5.74) is 3.43. The Hall–Kier alpha value is -0.860. The van der Waals surface area contributed by atoms with Crippen LogP contribution in [-0.2, 0) is 0 Å². The zero-order chi connectivity index (χ0) is 12.1. The molecule has 2 nitrogen and oxygen atoms in total. The standard InChI is InChI=1S/C14H23NO/c1-5-8-15(4)10-14(16)13-9-11(2)6-7-12(13)3/h6-7,9,14,16H,5,8,10H2,1-4H3. The quantitative estimate of drug-likeness (QED) is 0.826. The number of aliphatic hydroxyl groups excluding tert-OH is 1. The molecule has 0 fully saturated rings. The monoisotopic (exact) mass is 221 g/mol. The maximum Gasteiger partial charge on any atom is 0.0919 e. The van der Waals surface area contributed by atoms with Crippen molar-refractivity contribution in [2.24, 2.45) is 0 Å². The van der Waals surface area contributed by atoms with Gasteiger partial charge in [-0.15, -0.1) is 0 Å². The predicted molar refractivity (Wildman–Crippen MR) is 68.7 cm³/mol. The highest BCUT2D eigenvalue weighted by atomic mass is 16.3. The fourth-order valence-corrected chi connectivity index (χ4v) is 1.99. The third-order valence-electron chi connectivity index (χ3n) is 2.88. The average Bonchev–Trinajstić information content (AvgIpc) is 2.21. The summed E-state index contributed by atoms with van der Waals surface area (Å²) < 4.78 is 0. The molecule has 90 valence electrons. The van der Waals surface area contributed by atoms with Gasteiger partial charge in [0.2, 0.25) is 0 Å². The second-order valence-electron chi connectivity index (χ2n) is 4.64. The van der Waals surface area contributed by atoms with E-state index in [-0.39, 0.29) is 6.10 Å². The first-order chi connectivity index (χ1) is 7.54. The molecule has 0 aliphatic carbocycles. The summed E-state index contributed by atoms with van der Waals surface area (Å²) >= 11 is 0. The van der Waals surface area contributed by atoms with Gasteiger partial charge in [-0.3, -0.25) is 0 Å². The highest BCUT2D eigenvalue weighted by Gasteiger charge is 2.12. The first kappa shape index (κ1) is 13.2. The van der Waals surface area contributed by atoms with Crippen molar-refractivity contribution >= 4 is 0 Å². The zero-order valence-corrected chi connectivity index (χ0v) is 10.8. The van der Waals surface area contributed by atoms with Crippen LogP contribution < -0.4 is 0 Å². The van der Waals surface area contributed by atoms with Crippen LogP contribution >= 0.6 is 0 Å². The van der Waals surface area contributed by atoms with Crippen molar-refractivity contribution in [1.82, 2.24) is 4.90 Å². The lowest BCUT2D eigenvalue weighted by Gasteiger charge is -2.21. The molecule has 1 unspecified atom stereocenters. The molecule has 0 spiro atoms. The van der Waals surface area contributed by atoms with Crippen LogP contribution in [-0.4, -0.2) is 30.1 Å². The summed E-state index contributed by atoms with van der Waals surface area (Å²) in [5.74, 6) is 0. The minimum atomic E-state index is -0.378. The number of aliphatic hydroxyl groups is 1. The molecule has 0 amide bonds. The number of hydrogen-bond acceptors (Lipinski definition) is 2. The largest absolute Gasteiger partial charge is 0.387 e. The lowest BCUT2D eigenvalue weighted by Crippen LogP contribution is -2.25. The molecule has 0 saturated heterocycles. The molecular formula is C14H23NO. The molecule has 1 aromatic rings. The van der Waals surface area contributed by atoms with E-state index in [1.54, 1.807) is 0 Å². The molecule has 0 aromatic heterocycles. The molecule has 0 saturated carbocycles. The lowest BCUT2D eigenvalue weighted by molar-refractivity contribution is 0.126. The summed E-state index contributed by atoms with van der Waals surface area (Å²) in [6, 6.07) is 6.24. The van der Waals surface area contributed by atoms with E-state index in [2.05, 4.69) is 50.9 Å². The van der Waals surface area contributed by atoms with E-state index < -0.39 is 0 Å². The van der Waals surface area contributed by atoms with Crippen molar-refractivity contribution in [3.05, 3.63) is 34.9 Å². The van der Waals surface area contributed by atoms with Gasteiger partial charge in [-0.2, -0.15) is 0 Å². The fraction of sp³-hybridized carbons (Fsp3) is 0.571. The molecule has 0 radical (unpaired) electrons. The third-order valence-corrected chi connectivity index (χ3v) is 2.88. The van der Waals surface area contributed by atoms with Gasteiger partial charge in [0.05, 0.1) is 6.10 Å². The number of likely N-dealkylation sites (N-methyl/N-ethyl adjacent to an activating group) is 1. The van der Waals surface area contributed by atoms with Gasteiger partial charge in [-0.05, 0) is 45.0 Å². The molecule has 16 heavy (non-hydrogen) atoms. The highest BCUT2D eigenvalue weighted by Crippen LogP contribution is 2.19. The fourth-order valence-electron chi connectivity index (χ4n) is 1.99. The van der Waals surface area contributed by atoms with Crippen molar-refractivity contribution in [1.29, 1.82) is 0 Å². The van der Waals surface area contributed by atoms with Gasteiger partial charge >= 0.3 is 0 Å². The summed E-state index contributed by atoms with van der Waals surface area (Å²) in [6.07, 6.45) is 0.743. The van der Waals surface area contributed by atoms with Crippen molar-refractivity contribution in [3.63, 3.8) is 0 Å². The van der Waals surface area contributed by atoms with Crippen LogP contribution in [0.3, 0.4) is 0 Å². The average molecular weight is 221 g/mol. The summed E-state index contributed by atoms with van der Waals surface area (Å²) in [6.45, 7) is 8.00. The molecule has 0 bridgehead atoms. The highest BCUT2D eigenvalue weighted by molar-refractivity contribution is 5.32. The number of nitrogens with zero attached hydrogens (tertiary/aromatic N) is 1. The lowest BCUT2D eigenvalue weighted by atomic mass is 10.0. The van der Waals surface area contributed by atoms with E-state index in [9.17, 15) is 5.11 Å². The van der Waals surface area contributed by atoms with Crippen LogP contribution in [0.2, 0.25) is 0 Å². The van der Waals surface area contributed by atoms with Crippen LogP contribution in [0, 0.1) is 13.8 Å². The molecular weight excluding hydrogens is 198 g/mol. The molecule has 1 aromatic carbocycles. The minimum absolute atomic E-state index is 0.378. The first-order valence-electron chi connectivity index (χ1n) is 5.98. The van der Waals surface area contributed by atoms with E-state index in [0.717, 1.165) is 18.5 Å². The van der Waals surface area contributed by atoms with Crippen molar-refractivity contribution < 1.29 is 5.11 Å². The second kappa shape index (κ2) is 6.02. The van der Waals surface area contributed by atoms with E-state index in [0.29, 0.717) is 6.54 Å². The normalized spacial score (nSPS) is 13.1. The molecule has 1 atom stereocenters. The van der Waals surface area contributed by atoms with Gasteiger partial charge in [-0.25, -0.2) is 0 Å². The molecule has 2 heteroatoms. The number of aryl methyl sites for hydroxylation is 2. The number of benzene rings is 1. The van der Waals surface area contributed by atoms with Gasteiger partial charge in [0.25, 0.3) is 0 Å². The topological polar surface area (TPSA) is 23.5 Å². The second-order valence-corrected chi connectivity index (χ2v) is 4.64. The van der Waals surface area contributed by atoms with Crippen molar-refractivity contribution in [3.8, 4) is 0 Å². The van der Waals surface area contributed by atoms with Crippen LogP contribution in [0.1, 0.15) is 36.1 Å². The van der Waals surface area contributed by atoms with Gasteiger partial charge in [-0.1, -0.05) is 30.7 Å². The van der Waals surface area contributed by atoms with Crippen molar-refractivity contribution in [2.45, 2.75) is 33.3 Å². The third kappa shape index (κ3) is 3.62. The minimum Gasteiger partial charge on any atom is -0.387 e. The van der Waals surface area contributed by atoms with E-state index in [4.69, 9.17) is 0 Å². The Bertz CT molecular complexity index is 336. The molecule has 1 N–H and O–H groups in total. The molecule has 0 aliphatic heterocycles. The van der Waals surface area contributed by atoms with Gasteiger partial charge in [0, 0.05) is 6.54 Å². The van der Waals surface area contributed by atoms with E-state index >= 15 is 0 Å². The van der Waals surface area contributed by atoms with Crippen LogP contribution in [0.25, 0.3) is 0 Å². The van der Waals surface area contributed by atoms with Crippen LogP contribution in [0.5, 0.6) is 0 Å². The molecule has 1 rings (SSSR count). The molecule has 0 aliphatic rings. The SMILES string of the molecule is CCCN(C)CC(O)c1cc(C)ccc1C. The summed E-state index contributed by atoms with van der Waals surface area (Å²) in [4.78, 5) is 2.17. The molecule has 0 heterocycles. The first-order valence-corrected chi connectivity index (χ1v) is 5.98. The zero-order valence-electron chi connectivity index (χ0n) is 10.8.